The summed E-state index contributed by atoms with van der Waals surface area (Å²) in [6.45, 7) is 5.53. The quantitative estimate of drug-likeness (QED) is 0.664. The minimum Gasteiger partial charge on any atom is -0.325 e. The van der Waals surface area contributed by atoms with Crippen LogP contribution in [0.25, 0.3) is 0 Å². The average Bonchev–Trinajstić information content (AvgIpc) is 2.62. The summed E-state index contributed by atoms with van der Waals surface area (Å²) in [5.74, 6) is -0.285. The Bertz CT molecular complexity index is 555. The van der Waals surface area contributed by atoms with Crippen LogP contribution in [0.4, 0.5) is 0 Å². The molecule has 128 valence electrons. The maximum Gasteiger partial charge on any atom is 0.244 e. The Balaban J connectivity index is 2.35. The molecule has 1 aliphatic heterocycles. The van der Waals surface area contributed by atoms with Gasteiger partial charge in [0.05, 0.1) is 0 Å². The van der Waals surface area contributed by atoms with Gasteiger partial charge in [0.25, 0.3) is 0 Å². The molecule has 1 heterocycles. The van der Waals surface area contributed by atoms with E-state index in [1.807, 2.05) is 51.1 Å². The first kappa shape index (κ1) is 18.1. The Hall–Kier alpha value is -1.22. The van der Waals surface area contributed by atoms with Gasteiger partial charge in [-0.25, -0.2) is 0 Å². The van der Waals surface area contributed by atoms with Gasteiger partial charge >= 0.3 is 0 Å². The van der Waals surface area contributed by atoms with Crippen LogP contribution in [-0.2, 0) is 15.6 Å². The second-order valence-corrected chi connectivity index (χ2v) is 7.60. The summed E-state index contributed by atoms with van der Waals surface area (Å²) in [6, 6.07) is 8.29. The van der Waals surface area contributed by atoms with E-state index < -0.39 is 27.9 Å². The highest BCUT2D eigenvalue weighted by atomic mass is 35.7. The Kier molecular flexibility index (Phi) is 5.00. The van der Waals surface area contributed by atoms with Crippen LogP contribution in [0.1, 0.15) is 26.3 Å². The number of carbonyl (C=O) groups excluding carboxylic acids is 1. The number of amides is 1. The van der Waals surface area contributed by atoms with E-state index in [2.05, 4.69) is 4.39 Å². The van der Waals surface area contributed by atoms with Gasteiger partial charge in [-0.05, 0) is 22.5 Å². The van der Waals surface area contributed by atoms with Gasteiger partial charge in [0.15, 0.2) is 4.39 Å². The van der Waals surface area contributed by atoms with Crippen molar-refractivity contribution in [3.8, 4) is 0 Å². The first-order valence-electron chi connectivity index (χ1n) is 7.20. The number of benzene rings is 1. The molecule has 1 fully saturated rings. The maximum absolute atomic E-state index is 12.6. The molecule has 0 bridgehead atoms. The molecule has 2 atom stereocenters. The van der Waals surface area contributed by atoms with Gasteiger partial charge in [0.2, 0.25) is 5.91 Å². The number of hydroxylamine groups is 2. The average molecular weight is 345 g/mol. The summed E-state index contributed by atoms with van der Waals surface area (Å²) in [5, 5.41) is 1.01. The molecule has 0 aliphatic carbocycles. The Morgan fingerprint density at radius 2 is 1.74 bits per heavy atom. The van der Waals surface area contributed by atoms with E-state index in [4.69, 9.17) is 0 Å². The highest BCUT2D eigenvalue weighted by Gasteiger charge is 2.56. The lowest BCUT2D eigenvalue weighted by molar-refractivity contribution is -1.93. The van der Waals surface area contributed by atoms with Crippen molar-refractivity contribution in [1.29, 1.82) is 0 Å². The third-order valence-corrected chi connectivity index (χ3v) is 4.09. The number of nitrogens with zero attached hydrogens (tertiary/aromatic N) is 2. The van der Waals surface area contributed by atoms with Crippen molar-refractivity contribution in [1.82, 2.24) is 9.96 Å². The number of rotatable bonds is 4. The molecule has 7 nitrogen and oxygen atoms in total. The number of hydrogen-bond donors (Lipinski definition) is 0. The summed E-state index contributed by atoms with van der Waals surface area (Å²) >= 11 is 0. The van der Waals surface area contributed by atoms with E-state index in [-0.39, 0.29) is 12.3 Å². The predicted octanol–water partition coefficient (Wildman–Crippen LogP) is -1.43. The zero-order valence-electron chi connectivity index (χ0n) is 13.6. The molecule has 1 aromatic rings. The van der Waals surface area contributed by atoms with Gasteiger partial charge in [-0.1, -0.05) is 51.1 Å². The van der Waals surface area contributed by atoms with Crippen LogP contribution in [0.2, 0.25) is 0 Å². The van der Waals surface area contributed by atoms with Crippen LogP contribution in [0.15, 0.2) is 30.3 Å². The molecule has 1 amide bonds. The standard InChI is InChI=1S/C15H21ClN2O5/c1-15(2,3)14-17(4)13(19)12(18(14)23-16(20,21)22)10-11-8-6-5-7-9-11/h5-9,12,14H,10H2,1-4H3/t12-,14-/m0/s1. The van der Waals surface area contributed by atoms with E-state index in [0.29, 0.717) is 0 Å². The van der Waals surface area contributed by atoms with E-state index >= 15 is 0 Å². The Morgan fingerprint density at radius 3 is 2.22 bits per heavy atom. The largest absolute Gasteiger partial charge is 0.325 e. The Morgan fingerprint density at radius 1 is 1.17 bits per heavy atom. The van der Waals surface area contributed by atoms with Crippen molar-refractivity contribution in [2.24, 2.45) is 5.41 Å². The van der Waals surface area contributed by atoms with Crippen LogP contribution < -0.4 is 14.0 Å². The van der Waals surface area contributed by atoms with E-state index in [1.165, 1.54) is 4.90 Å². The smallest absolute Gasteiger partial charge is 0.244 e. The van der Waals surface area contributed by atoms with E-state index in [9.17, 15) is 18.8 Å². The topological polar surface area (TPSA) is 102 Å². The molecular weight excluding hydrogens is 324 g/mol. The SMILES string of the molecule is CN1C(=O)[C@H](Cc2ccccc2)N(O[Cl+3]([O-])([O-])[O-])[C@H]1C(C)(C)C. The molecule has 0 N–H and O–H groups in total. The highest BCUT2D eigenvalue weighted by molar-refractivity contribution is 5.84. The van der Waals surface area contributed by atoms with Gasteiger partial charge < -0.3 is 4.90 Å². The predicted molar refractivity (Wildman–Crippen MR) is 72.9 cm³/mol. The van der Waals surface area contributed by atoms with Gasteiger partial charge in [-0.15, -0.1) is 0 Å². The third-order valence-electron chi connectivity index (χ3n) is 3.76. The maximum atomic E-state index is 12.6. The zero-order chi connectivity index (χ0) is 17.4. The molecule has 0 aromatic heterocycles. The number of carbonyl (C=O) groups is 1. The molecule has 1 saturated heterocycles. The van der Waals surface area contributed by atoms with Gasteiger partial charge in [0, 0.05) is 7.05 Å². The monoisotopic (exact) mass is 344 g/mol. The van der Waals surface area contributed by atoms with Crippen LogP contribution in [0, 0.1) is 15.7 Å². The van der Waals surface area contributed by atoms with Crippen molar-refractivity contribution < 1.29 is 33.4 Å². The molecule has 0 spiro atoms. The van der Waals surface area contributed by atoms with Crippen LogP contribution in [-0.4, -0.2) is 35.1 Å². The van der Waals surface area contributed by atoms with Gasteiger partial charge in [0.1, 0.15) is 22.5 Å². The van der Waals surface area contributed by atoms with Gasteiger partial charge in [-0.3, -0.25) is 4.79 Å². The van der Waals surface area contributed by atoms with Crippen LogP contribution in [0.3, 0.4) is 0 Å². The molecule has 23 heavy (non-hydrogen) atoms. The minimum atomic E-state index is -4.68. The fourth-order valence-electron chi connectivity index (χ4n) is 2.97. The molecule has 0 saturated carbocycles. The second-order valence-electron chi connectivity index (χ2n) is 6.70. The van der Waals surface area contributed by atoms with Crippen molar-refractivity contribution in [2.75, 3.05) is 7.05 Å². The van der Waals surface area contributed by atoms with Crippen LogP contribution in [0.5, 0.6) is 0 Å². The first-order valence-corrected chi connectivity index (χ1v) is 8.43. The summed E-state index contributed by atoms with van der Waals surface area (Å²) in [4.78, 5) is 14.0. The number of likely N-dealkylation sites (N-methyl/N-ethyl adjacent to an activating group) is 1. The van der Waals surface area contributed by atoms with E-state index in [1.54, 1.807) is 7.05 Å². The number of hydrogen-bond acceptors (Lipinski definition) is 6. The highest BCUT2D eigenvalue weighted by Crippen LogP contribution is 2.35. The normalized spacial score (nSPS) is 23.6. The van der Waals surface area contributed by atoms with Gasteiger partial charge in [-0.2, -0.15) is 14.0 Å². The lowest BCUT2D eigenvalue weighted by Gasteiger charge is -2.34. The molecule has 2 rings (SSSR count). The lowest BCUT2D eigenvalue weighted by Crippen LogP contribution is -2.65. The number of halogens is 1. The molecule has 1 aliphatic rings. The second kappa shape index (κ2) is 6.35. The molecule has 0 radical (unpaired) electrons. The minimum absolute atomic E-state index is 0.252. The molecule has 8 heteroatoms. The summed E-state index contributed by atoms with van der Waals surface area (Å²) in [6.07, 6.45) is -0.415. The van der Waals surface area contributed by atoms with E-state index in [0.717, 1.165) is 10.6 Å². The van der Waals surface area contributed by atoms with Crippen molar-refractivity contribution >= 4 is 5.91 Å². The molecule has 0 unspecified atom stereocenters. The third kappa shape index (κ3) is 4.20. The summed E-state index contributed by atoms with van der Waals surface area (Å²) < 4.78 is 37.9. The van der Waals surface area contributed by atoms with Crippen molar-refractivity contribution in [2.45, 2.75) is 39.4 Å². The van der Waals surface area contributed by atoms with Crippen LogP contribution >= 0.6 is 0 Å². The lowest BCUT2D eigenvalue weighted by atomic mass is 9.92. The Labute approximate surface area is 137 Å². The molecule has 1 aromatic carbocycles. The first-order chi connectivity index (χ1) is 10.5. The van der Waals surface area contributed by atoms with Crippen molar-refractivity contribution in [3.05, 3.63) is 35.9 Å². The fraction of sp³-hybridized carbons (Fsp3) is 0.533. The fourth-order valence-corrected chi connectivity index (χ4v) is 3.33. The summed E-state index contributed by atoms with van der Waals surface area (Å²) in [7, 11) is -3.10. The van der Waals surface area contributed by atoms with Crippen molar-refractivity contribution in [3.63, 3.8) is 0 Å². The summed E-state index contributed by atoms with van der Waals surface area (Å²) in [5.41, 5.74) is 0.346. The zero-order valence-corrected chi connectivity index (χ0v) is 14.3. The molecular formula is C15H21ClN2O5.